The number of carbonyl (C=O) groups excluding carboxylic acids is 1. The van der Waals surface area contributed by atoms with E-state index in [1.165, 1.54) is 38.2 Å². The lowest BCUT2D eigenvalue weighted by molar-refractivity contribution is -0.187. The van der Waals surface area contributed by atoms with Gasteiger partial charge in [0.1, 0.15) is 0 Å². The van der Waals surface area contributed by atoms with Crippen molar-refractivity contribution >= 4 is 27.7 Å². The SMILES string of the molecule is CON(C)C(=O)C(OCCn1cc2c(c1-c1ccccc1)c(=O)n(C)c(=O)n2C)n1c(=O)[nH]c(=O)c2c[nH]cc21. The largest absolute Gasteiger partial charge is 0.365 e. The molecule has 14 heteroatoms. The van der Waals surface area contributed by atoms with Crippen LogP contribution >= 0.6 is 0 Å². The summed E-state index contributed by atoms with van der Waals surface area (Å²) in [4.78, 5) is 74.2. The highest BCUT2D eigenvalue weighted by atomic mass is 16.7. The summed E-state index contributed by atoms with van der Waals surface area (Å²) < 4.78 is 11.2. The summed E-state index contributed by atoms with van der Waals surface area (Å²) in [5.74, 6) is -0.698. The second-order valence-corrected chi connectivity index (χ2v) is 9.13. The van der Waals surface area contributed by atoms with Crippen LogP contribution in [-0.2, 0) is 35.0 Å². The van der Waals surface area contributed by atoms with Gasteiger partial charge in [-0.3, -0.25) is 37.9 Å². The van der Waals surface area contributed by atoms with E-state index in [4.69, 9.17) is 9.57 Å². The highest BCUT2D eigenvalue weighted by Gasteiger charge is 2.29. The first-order chi connectivity index (χ1) is 19.1. The normalized spacial score (nSPS) is 12.3. The molecule has 5 rings (SSSR count). The van der Waals surface area contributed by atoms with Crippen LogP contribution in [-0.4, -0.2) is 60.0 Å². The van der Waals surface area contributed by atoms with Crippen LogP contribution in [0.25, 0.3) is 33.1 Å². The molecule has 40 heavy (non-hydrogen) atoms. The molecule has 5 aromatic rings. The summed E-state index contributed by atoms with van der Waals surface area (Å²) in [6, 6.07) is 9.21. The number of fused-ring (bicyclic) bond motifs is 2. The molecular weight excluding hydrogens is 522 g/mol. The standard InChI is InChI=1S/C26H27N7O7/c1-29-18-14-32(20(15-8-6-5-7-9-15)19(18)22(35)30(2)26(29)38)10-11-40-24(23(36)31(3)39-4)33-17-13-27-12-16(17)21(34)28-25(33)37/h5-9,12-14,24,27H,10-11H2,1-4H3,(H,28,34,37). The fraction of sp³-hybridized carbons (Fsp3) is 0.269. The highest BCUT2D eigenvalue weighted by molar-refractivity contribution is 5.93. The lowest BCUT2D eigenvalue weighted by atomic mass is 10.1. The van der Waals surface area contributed by atoms with E-state index in [-0.39, 0.29) is 24.1 Å². The van der Waals surface area contributed by atoms with Crippen molar-refractivity contribution in [1.82, 2.24) is 33.3 Å². The van der Waals surface area contributed by atoms with Gasteiger partial charge in [-0.25, -0.2) is 14.7 Å². The van der Waals surface area contributed by atoms with E-state index in [9.17, 15) is 24.0 Å². The molecule has 0 aliphatic heterocycles. The van der Waals surface area contributed by atoms with Gasteiger partial charge in [0, 0.05) is 46.3 Å². The van der Waals surface area contributed by atoms with Gasteiger partial charge in [-0.15, -0.1) is 0 Å². The summed E-state index contributed by atoms with van der Waals surface area (Å²) in [5.41, 5.74) is -0.436. The van der Waals surface area contributed by atoms with Gasteiger partial charge < -0.3 is 14.3 Å². The van der Waals surface area contributed by atoms with Crippen LogP contribution in [0.1, 0.15) is 6.23 Å². The maximum absolute atomic E-state index is 13.2. The average molecular weight is 550 g/mol. The van der Waals surface area contributed by atoms with Gasteiger partial charge >= 0.3 is 11.4 Å². The summed E-state index contributed by atoms with van der Waals surface area (Å²) in [7, 11) is 5.66. The maximum atomic E-state index is 13.2. The van der Waals surface area contributed by atoms with Crippen molar-refractivity contribution in [2.45, 2.75) is 12.8 Å². The number of ether oxygens (including phenoxy) is 1. The Kier molecular flexibility index (Phi) is 6.87. The molecule has 1 unspecified atom stereocenters. The van der Waals surface area contributed by atoms with Crippen LogP contribution in [0, 0.1) is 0 Å². The van der Waals surface area contributed by atoms with E-state index in [0.717, 1.165) is 19.8 Å². The van der Waals surface area contributed by atoms with Crippen LogP contribution in [0.3, 0.4) is 0 Å². The van der Waals surface area contributed by atoms with Crippen LogP contribution in [0.15, 0.2) is 68.1 Å². The van der Waals surface area contributed by atoms with Gasteiger partial charge in [0.2, 0.25) is 6.23 Å². The quantitative estimate of drug-likeness (QED) is 0.263. The van der Waals surface area contributed by atoms with Crippen molar-refractivity contribution in [3.63, 3.8) is 0 Å². The number of rotatable bonds is 8. The second-order valence-electron chi connectivity index (χ2n) is 9.13. The van der Waals surface area contributed by atoms with E-state index in [1.807, 2.05) is 30.3 Å². The van der Waals surface area contributed by atoms with Crippen molar-refractivity contribution < 1.29 is 14.4 Å². The van der Waals surface area contributed by atoms with Gasteiger partial charge in [0.05, 0.1) is 41.2 Å². The number of carbonyl (C=O) groups is 1. The molecule has 1 atom stereocenters. The predicted octanol–water partition coefficient (Wildman–Crippen LogP) is 0.272. The van der Waals surface area contributed by atoms with E-state index < -0.39 is 34.6 Å². The number of aryl methyl sites for hydroxylation is 1. The Bertz CT molecular complexity index is 1970. The average Bonchev–Trinajstić information content (AvgIpc) is 3.59. The summed E-state index contributed by atoms with van der Waals surface area (Å²) in [5, 5.41) is 1.44. The molecule has 0 aliphatic carbocycles. The highest BCUT2D eigenvalue weighted by Crippen LogP contribution is 2.28. The third kappa shape index (κ3) is 4.28. The van der Waals surface area contributed by atoms with Gasteiger partial charge in [-0.2, -0.15) is 0 Å². The molecule has 0 bridgehead atoms. The van der Waals surface area contributed by atoms with E-state index in [0.29, 0.717) is 16.6 Å². The number of aromatic nitrogens is 6. The third-order valence-corrected chi connectivity index (χ3v) is 6.86. The van der Waals surface area contributed by atoms with Gasteiger partial charge in [0.25, 0.3) is 17.0 Å². The van der Waals surface area contributed by atoms with Gasteiger partial charge in [-0.05, 0) is 5.56 Å². The number of benzene rings is 1. The fourth-order valence-corrected chi connectivity index (χ4v) is 4.74. The lowest BCUT2D eigenvalue weighted by Crippen LogP contribution is -2.42. The van der Waals surface area contributed by atoms with E-state index in [1.54, 1.807) is 17.8 Å². The van der Waals surface area contributed by atoms with Crippen molar-refractivity contribution in [1.29, 1.82) is 0 Å². The molecule has 0 spiro atoms. The zero-order valence-electron chi connectivity index (χ0n) is 22.2. The number of amides is 1. The van der Waals surface area contributed by atoms with Gasteiger partial charge in [-0.1, -0.05) is 30.3 Å². The van der Waals surface area contributed by atoms with E-state index in [2.05, 4.69) is 9.97 Å². The Labute approximate surface area is 225 Å². The number of H-pyrrole nitrogens is 2. The number of aromatic amines is 2. The van der Waals surface area contributed by atoms with Crippen LogP contribution < -0.4 is 22.5 Å². The van der Waals surface area contributed by atoms with Crippen LogP contribution in [0.2, 0.25) is 0 Å². The zero-order chi connectivity index (χ0) is 28.7. The van der Waals surface area contributed by atoms with Crippen molar-refractivity contribution in [2.75, 3.05) is 20.8 Å². The molecule has 1 aromatic carbocycles. The molecule has 0 radical (unpaired) electrons. The minimum Gasteiger partial charge on any atom is -0.365 e. The lowest BCUT2D eigenvalue weighted by Gasteiger charge is -2.24. The zero-order valence-corrected chi connectivity index (χ0v) is 22.2. The van der Waals surface area contributed by atoms with E-state index >= 15 is 0 Å². The minimum absolute atomic E-state index is 0.0967. The number of nitrogens with one attached hydrogen (secondary N) is 2. The van der Waals surface area contributed by atoms with Crippen molar-refractivity contribution in [2.24, 2.45) is 14.1 Å². The monoisotopic (exact) mass is 549 g/mol. The third-order valence-electron chi connectivity index (χ3n) is 6.86. The minimum atomic E-state index is -1.49. The molecule has 14 nitrogen and oxygen atoms in total. The topological polar surface area (TPSA) is 158 Å². The molecule has 2 N–H and O–H groups in total. The first kappa shape index (κ1) is 26.6. The Morgan fingerprint density at radius 3 is 2.45 bits per heavy atom. The Morgan fingerprint density at radius 2 is 1.75 bits per heavy atom. The predicted molar refractivity (Wildman–Crippen MR) is 146 cm³/mol. The fourth-order valence-electron chi connectivity index (χ4n) is 4.74. The molecule has 4 aromatic heterocycles. The molecule has 1 amide bonds. The second kappa shape index (κ2) is 10.3. The number of hydrogen-bond donors (Lipinski definition) is 2. The Balaban J connectivity index is 1.59. The number of likely N-dealkylation sites (N-methyl/N-ethyl adjacent to an activating group) is 1. The van der Waals surface area contributed by atoms with Crippen molar-refractivity contribution in [3.8, 4) is 11.3 Å². The van der Waals surface area contributed by atoms with Crippen molar-refractivity contribution in [3.05, 3.63) is 90.6 Å². The van der Waals surface area contributed by atoms with Crippen LogP contribution in [0.5, 0.6) is 0 Å². The molecule has 4 heterocycles. The molecule has 0 saturated carbocycles. The summed E-state index contributed by atoms with van der Waals surface area (Å²) >= 11 is 0. The summed E-state index contributed by atoms with van der Waals surface area (Å²) in [6.45, 7) is 0.0473. The maximum Gasteiger partial charge on any atom is 0.331 e. The van der Waals surface area contributed by atoms with Crippen LogP contribution in [0.4, 0.5) is 0 Å². The van der Waals surface area contributed by atoms with Gasteiger partial charge in [0.15, 0.2) is 0 Å². The number of hydroxylamine groups is 2. The molecule has 0 saturated heterocycles. The Hall–Kier alpha value is -4.95. The first-order valence-corrected chi connectivity index (χ1v) is 12.2. The molecule has 0 fully saturated rings. The molecular formula is C26H27N7O7. The Morgan fingerprint density at radius 1 is 1.02 bits per heavy atom. The summed E-state index contributed by atoms with van der Waals surface area (Å²) in [6.07, 6.45) is 3.02. The molecule has 208 valence electrons. The number of nitrogens with zero attached hydrogens (tertiary/aromatic N) is 5. The first-order valence-electron chi connectivity index (χ1n) is 12.2. The molecule has 0 aliphatic rings. The number of hydrogen-bond acceptors (Lipinski definition) is 7. The smallest absolute Gasteiger partial charge is 0.331 e.